The summed E-state index contributed by atoms with van der Waals surface area (Å²) in [7, 11) is 0. The SMILES string of the molecule is N=C(N)c1ccc(OCCO)c(OCCOC(=O)c2ccc(C(=N)N3CCCC3)cc2)c1.O=C(O)C(F)(F)F.O=C(O)C(F)(F)F. The lowest BCUT2D eigenvalue weighted by Gasteiger charge is -2.18. The predicted octanol–water partition coefficient (Wildman–Crippen LogP) is 3.27. The Balaban J connectivity index is 0.000000629. The molecule has 3 rings (SSSR count). The molecule has 0 unspecified atom stereocenters. The van der Waals surface area contributed by atoms with Crippen LogP contribution in [0.1, 0.15) is 34.3 Å². The van der Waals surface area contributed by atoms with E-state index in [2.05, 4.69) is 0 Å². The molecule has 0 bridgehead atoms. The number of rotatable bonds is 10. The van der Waals surface area contributed by atoms with Crippen LogP contribution in [0.5, 0.6) is 11.5 Å². The number of nitrogens with one attached hydrogen (secondary N) is 2. The van der Waals surface area contributed by atoms with Gasteiger partial charge in [-0.25, -0.2) is 14.4 Å². The number of hydrogen-bond acceptors (Lipinski definition) is 9. The fourth-order valence-electron chi connectivity index (χ4n) is 3.32. The number of aliphatic carboxylic acids is 2. The number of ether oxygens (including phenoxy) is 3. The molecule has 13 nitrogen and oxygen atoms in total. The van der Waals surface area contributed by atoms with Crippen LogP contribution in [0.25, 0.3) is 0 Å². The highest BCUT2D eigenvalue weighted by Crippen LogP contribution is 2.28. The Hall–Kier alpha value is -5.07. The summed E-state index contributed by atoms with van der Waals surface area (Å²) in [5, 5.41) is 39.0. The Morgan fingerprint density at radius 1 is 0.761 bits per heavy atom. The second-order valence-electron chi connectivity index (χ2n) is 8.86. The van der Waals surface area contributed by atoms with Crippen molar-refractivity contribution in [2.75, 3.05) is 39.5 Å². The molecule has 0 atom stereocenters. The van der Waals surface area contributed by atoms with Crippen molar-refractivity contribution >= 4 is 29.6 Å². The number of carboxylic acids is 2. The molecule has 46 heavy (non-hydrogen) atoms. The maximum absolute atomic E-state index is 12.3. The summed E-state index contributed by atoms with van der Waals surface area (Å²) >= 11 is 0. The van der Waals surface area contributed by atoms with Crippen LogP contribution in [-0.2, 0) is 14.3 Å². The van der Waals surface area contributed by atoms with E-state index in [1.165, 1.54) is 0 Å². The van der Waals surface area contributed by atoms with Gasteiger partial charge in [-0.1, -0.05) is 12.1 Å². The molecule has 19 heteroatoms. The number of nitrogen functional groups attached to an aromatic ring is 1. The number of hydrogen-bond donors (Lipinski definition) is 6. The lowest BCUT2D eigenvalue weighted by molar-refractivity contribution is -0.193. The molecule has 1 heterocycles. The van der Waals surface area contributed by atoms with E-state index in [0.29, 0.717) is 28.5 Å². The third kappa shape index (κ3) is 13.7. The average molecular weight is 669 g/mol. The second-order valence-corrected chi connectivity index (χ2v) is 8.86. The number of esters is 1. The number of carboxylic acid groups (broad SMARTS) is 2. The number of nitrogens with zero attached hydrogens (tertiary/aromatic N) is 1. The van der Waals surface area contributed by atoms with Gasteiger partial charge in [-0.15, -0.1) is 0 Å². The zero-order valence-electron chi connectivity index (χ0n) is 23.8. The van der Waals surface area contributed by atoms with Gasteiger partial charge in [-0.2, -0.15) is 26.3 Å². The van der Waals surface area contributed by atoms with Crippen LogP contribution < -0.4 is 15.2 Å². The topological polar surface area (TPSA) is 217 Å². The van der Waals surface area contributed by atoms with E-state index >= 15 is 0 Å². The minimum atomic E-state index is -5.08. The lowest BCUT2D eigenvalue weighted by Crippen LogP contribution is -2.27. The van der Waals surface area contributed by atoms with Crippen molar-refractivity contribution in [3.8, 4) is 11.5 Å². The first-order valence-corrected chi connectivity index (χ1v) is 12.9. The van der Waals surface area contributed by atoms with Crippen molar-refractivity contribution in [1.82, 2.24) is 4.90 Å². The Labute approximate surface area is 257 Å². The number of aliphatic hydroxyl groups excluding tert-OH is 1. The largest absolute Gasteiger partial charge is 0.490 e. The van der Waals surface area contributed by atoms with Gasteiger partial charge in [0.1, 0.15) is 31.5 Å². The highest BCUT2D eigenvalue weighted by atomic mass is 19.4. The number of carbonyl (C=O) groups excluding carboxylic acids is 1. The summed E-state index contributed by atoms with van der Waals surface area (Å²) in [6, 6.07) is 11.6. The van der Waals surface area contributed by atoms with E-state index in [4.69, 9.17) is 55.7 Å². The van der Waals surface area contributed by atoms with E-state index in [1.54, 1.807) is 42.5 Å². The number of aliphatic hydroxyl groups is 1. The van der Waals surface area contributed by atoms with Gasteiger partial charge < -0.3 is 40.2 Å². The normalized spacial score (nSPS) is 12.5. The third-order valence-corrected chi connectivity index (χ3v) is 5.48. The number of likely N-dealkylation sites (tertiary alicyclic amines) is 1. The molecule has 0 aliphatic carbocycles. The third-order valence-electron chi connectivity index (χ3n) is 5.48. The van der Waals surface area contributed by atoms with E-state index in [1.807, 2.05) is 4.90 Å². The molecule has 1 saturated heterocycles. The molecule has 0 saturated carbocycles. The van der Waals surface area contributed by atoms with Gasteiger partial charge in [0.25, 0.3) is 0 Å². The number of benzene rings is 2. The lowest BCUT2D eigenvalue weighted by atomic mass is 10.1. The molecule has 0 spiro atoms. The van der Waals surface area contributed by atoms with Gasteiger partial charge >= 0.3 is 30.3 Å². The molecule has 0 amide bonds. The van der Waals surface area contributed by atoms with E-state index in [0.717, 1.165) is 31.5 Å². The fraction of sp³-hybridized carbons (Fsp3) is 0.370. The van der Waals surface area contributed by atoms with E-state index < -0.39 is 30.3 Å². The van der Waals surface area contributed by atoms with Gasteiger partial charge in [-0.3, -0.25) is 10.8 Å². The van der Waals surface area contributed by atoms with Crippen molar-refractivity contribution in [3.63, 3.8) is 0 Å². The first-order valence-electron chi connectivity index (χ1n) is 12.9. The van der Waals surface area contributed by atoms with Gasteiger partial charge in [-0.05, 0) is 43.2 Å². The second kappa shape index (κ2) is 18.0. The molecule has 7 N–H and O–H groups in total. The minimum Gasteiger partial charge on any atom is -0.487 e. The summed E-state index contributed by atoms with van der Waals surface area (Å²) in [4.78, 5) is 32.1. The van der Waals surface area contributed by atoms with Crippen molar-refractivity contribution in [3.05, 3.63) is 59.2 Å². The molecule has 0 radical (unpaired) electrons. The average Bonchev–Trinajstić information content (AvgIpc) is 3.53. The Morgan fingerprint density at radius 2 is 1.22 bits per heavy atom. The molecular formula is C27H30F6N4O9. The maximum Gasteiger partial charge on any atom is 0.490 e. The van der Waals surface area contributed by atoms with Gasteiger partial charge in [0.2, 0.25) is 0 Å². The molecule has 2 aromatic rings. The summed E-state index contributed by atoms with van der Waals surface area (Å²) in [6.45, 7) is 1.81. The number of carbonyl (C=O) groups is 3. The quantitative estimate of drug-likeness (QED) is 0.0710. The van der Waals surface area contributed by atoms with Crippen LogP contribution in [0.2, 0.25) is 0 Å². The zero-order chi connectivity index (χ0) is 35.1. The molecule has 0 aromatic heterocycles. The number of halogens is 6. The standard InChI is InChI=1S/C23H28N4O5.2C2HF3O2/c24-21(25)18-7-8-19(30-12-11-28)20(15-18)31-13-14-32-23(29)17-5-3-16(4-6-17)22(26)27-9-1-2-10-27;2*3-2(4,5)1(6)7/h3-8,15,26,28H,1-2,9-14H2,(H3,24,25);2*(H,6,7). The van der Waals surface area contributed by atoms with Gasteiger partial charge in [0.05, 0.1) is 12.2 Å². The monoisotopic (exact) mass is 668 g/mol. The number of amidine groups is 2. The molecular weight excluding hydrogens is 638 g/mol. The highest BCUT2D eigenvalue weighted by molar-refractivity contribution is 5.98. The van der Waals surface area contributed by atoms with Crippen LogP contribution in [0, 0.1) is 10.8 Å². The van der Waals surface area contributed by atoms with Crippen molar-refractivity contribution in [2.24, 2.45) is 5.73 Å². The van der Waals surface area contributed by atoms with Crippen LogP contribution in [0.4, 0.5) is 26.3 Å². The fourth-order valence-corrected chi connectivity index (χ4v) is 3.32. The minimum absolute atomic E-state index is 0.00786. The van der Waals surface area contributed by atoms with E-state index in [9.17, 15) is 31.1 Å². The predicted molar refractivity (Wildman–Crippen MR) is 147 cm³/mol. The first kappa shape index (κ1) is 39.0. The van der Waals surface area contributed by atoms with Crippen LogP contribution in [0.3, 0.4) is 0 Å². The van der Waals surface area contributed by atoms with Gasteiger partial charge in [0, 0.05) is 24.2 Å². The molecule has 1 aliphatic rings. The van der Waals surface area contributed by atoms with Crippen LogP contribution >= 0.6 is 0 Å². The zero-order valence-corrected chi connectivity index (χ0v) is 23.8. The van der Waals surface area contributed by atoms with Crippen molar-refractivity contribution in [1.29, 1.82) is 10.8 Å². The summed E-state index contributed by atoms with van der Waals surface area (Å²) < 4.78 is 79.8. The summed E-state index contributed by atoms with van der Waals surface area (Å²) in [6.07, 6.45) is -7.97. The molecule has 2 aromatic carbocycles. The van der Waals surface area contributed by atoms with Gasteiger partial charge in [0.15, 0.2) is 11.5 Å². The Morgan fingerprint density at radius 3 is 1.67 bits per heavy atom. The van der Waals surface area contributed by atoms with Crippen LogP contribution in [0.15, 0.2) is 42.5 Å². The molecule has 1 fully saturated rings. The Kier molecular flexibility index (Phi) is 15.3. The first-order chi connectivity index (χ1) is 21.4. The number of alkyl halides is 6. The maximum atomic E-state index is 12.3. The highest BCUT2D eigenvalue weighted by Gasteiger charge is 2.38. The van der Waals surface area contributed by atoms with Crippen LogP contribution in [-0.4, -0.2) is 102 Å². The number of nitrogens with two attached hydrogens (primary N) is 1. The smallest absolute Gasteiger partial charge is 0.487 e. The van der Waals surface area contributed by atoms with Crippen molar-refractivity contribution < 1.29 is 70.3 Å². The summed E-state index contributed by atoms with van der Waals surface area (Å²) in [5.74, 6) is -4.90. The Bertz CT molecular complexity index is 1320. The van der Waals surface area contributed by atoms with Crippen molar-refractivity contribution in [2.45, 2.75) is 25.2 Å². The summed E-state index contributed by atoms with van der Waals surface area (Å²) in [5.41, 5.74) is 7.15. The van der Waals surface area contributed by atoms with E-state index in [-0.39, 0.29) is 32.3 Å². The molecule has 254 valence electrons. The molecule has 1 aliphatic heterocycles.